The van der Waals surface area contributed by atoms with Crippen LogP contribution < -0.4 is 0 Å². The molecule has 0 aliphatic heterocycles. The van der Waals surface area contributed by atoms with Gasteiger partial charge >= 0.3 is 0 Å². The summed E-state index contributed by atoms with van der Waals surface area (Å²) in [7, 11) is 19.9. The summed E-state index contributed by atoms with van der Waals surface area (Å²) in [4.78, 5) is 13.7. The van der Waals surface area contributed by atoms with Gasteiger partial charge in [0.15, 0.2) is 11.6 Å². The normalized spacial score (nSPS) is 10.7. The Kier molecular flexibility index (Phi) is 7.80. The fourth-order valence-corrected chi connectivity index (χ4v) is 4.19. The lowest BCUT2D eigenvalue weighted by Gasteiger charge is -2.08. The van der Waals surface area contributed by atoms with Crippen molar-refractivity contribution < 1.29 is 4.42 Å². The molecule has 4 nitrogen and oxygen atoms in total. The Labute approximate surface area is 232 Å². The minimum Gasteiger partial charge on any atom is -0.456 e. The molecule has 2 heterocycles. The molecule has 0 N–H and O–H groups in total. The predicted octanol–water partition coefficient (Wildman–Crippen LogP) is 5.14. The van der Waals surface area contributed by atoms with Gasteiger partial charge in [-0.25, -0.2) is 4.98 Å². The quantitative estimate of drug-likeness (QED) is 0.316. The van der Waals surface area contributed by atoms with Gasteiger partial charge in [0.25, 0.3) is 0 Å². The van der Waals surface area contributed by atoms with Gasteiger partial charge in [-0.3, -0.25) is 0 Å². The Morgan fingerprint density at radius 3 is 1.95 bits per heavy atom. The highest BCUT2D eigenvalue weighted by molar-refractivity contribution is 7.76. The lowest BCUT2D eigenvalue weighted by atomic mass is 8.81. The monoisotopic (exact) mass is 499 g/mol. The summed E-state index contributed by atoms with van der Waals surface area (Å²) < 4.78 is 6.02. The van der Waals surface area contributed by atoms with Crippen molar-refractivity contribution in [2.75, 3.05) is 0 Å². The van der Waals surface area contributed by atoms with Gasteiger partial charge in [-0.2, -0.15) is 9.97 Å². The molecule has 0 aliphatic rings. The van der Waals surface area contributed by atoms with Crippen molar-refractivity contribution in [3.05, 3.63) is 102 Å². The van der Waals surface area contributed by atoms with E-state index in [0.717, 1.165) is 44.2 Å². The van der Waals surface area contributed by atoms with E-state index in [1.165, 1.54) is 0 Å². The minimum atomic E-state index is -0.593. The van der Waals surface area contributed by atoms with E-state index in [2.05, 4.69) is 34.2 Å². The molecule has 0 bridgehead atoms. The largest absolute Gasteiger partial charge is 0.456 e. The zero-order valence-corrected chi connectivity index (χ0v) is 21.1. The van der Waals surface area contributed by atoms with E-state index >= 15 is 0 Å². The minimum absolute atomic E-state index is 0.153. The number of furan rings is 1. The lowest BCUT2D eigenvalue weighted by Crippen LogP contribution is -2.38. The summed E-state index contributed by atoms with van der Waals surface area (Å²) in [5.41, 5.74) is 5.56. The van der Waals surface area contributed by atoms with Gasteiger partial charge in [0.1, 0.15) is 11.2 Å². The summed E-state index contributed by atoms with van der Waals surface area (Å²) in [5, 5.41) is 2.14. The van der Waals surface area contributed by atoms with E-state index in [1.807, 2.05) is 72.8 Å². The molecule has 8 radical (unpaired) electrons. The van der Waals surface area contributed by atoms with Crippen molar-refractivity contribution in [3.63, 3.8) is 0 Å². The summed E-state index contributed by atoms with van der Waals surface area (Å²) in [5.74, 6) is 1.05. The molecule has 4 aromatic carbocycles. The molecule has 0 unspecified atom stereocenters. The Bertz CT molecular complexity index is 1710. The fourth-order valence-electron chi connectivity index (χ4n) is 4.03. The summed E-state index contributed by atoms with van der Waals surface area (Å²) in [6, 6.07) is 32.2. The number of nitrogens with zero attached hydrogens (tertiary/aromatic N) is 3. The van der Waals surface area contributed by atoms with Crippen molar-refractivity contribution in [2.45, 2.75) is 0 Å². The SMILES string of the molecule is Clc1nc(-c2cccc(-c3ccccc3)c2)nc(-c2cccc3oc4ccccc4c23)n1.[B]B([B])B([B])[B]. The van der Waals surface area contributed by atoms with Crippen LogP contribution in [0.15, 0.2) is 101 Å². The Morgan fingerprint density at radius 1 is 0.579 bits per heavy atom. The van der Waals surface area contributed by atoms with Gasteiger partial charge < -0.3 is 4.42 Å². The number of para-hydroxylation sites is 1. The maximum Gasteiger partial charge on any atom is 0.226 e. The van der Waals surface area contributed by atoms with Crippen LogP contribution in [0.4, 0.5) is 0 Å². The molecule has 6 aromatic rings. The third kappa shape index (κ3) is 5.61. The number of rotatable bonds is 4. The lowest BCUT2D eigenvalue weighted by molar-refractivity contribution is 0.669. The van der Waals surface area contributed by atoms with E-state index < -0.39 is 12.8 Å². The molecule has 0 saturated heterocycles. The molecule has 0 amide bonds. The van der Waals surface area contributed by atoms with Crippen LogP contribution in [-0.4, -0.2) is 58.7 Å². The predicted molar refractivity (Wildman–Crippen MR) is 163 cm³/mol. The highest BCUT2D eigenvalue weighted by atomic mass is 35.5. The van der Waals surface area contributed by atoms with Crippen LogP contribution in [0.5, 0.6) is 0 Å². The summed E-state index contributed by atoms with van der Waals surface area (Å²) in [6.45, 7) is 0. The van der Waals surface area contributed by atoms with Crippen LogP contribution in [0.2, 0.25) is 5.28 Å². The molecular formula is C27H16B6ClN3O. The molecule has 0 saturated carbocycles. The number of halogens is 1. The van der Waals surface area contributed by atoms with Crippen molar-refractivity contribution in [3.8, 4) is 33.9 Å². The Balaban J connectivity index is 0.000000443. The molecule has 0 fully saturated rings. The molecule has 38 heavy (non-hydrogen) atoms. The first-order valence-corrected chi connectivity index (χ1v) is 12.3. The van der Waals surface area contributed by atoms with Crippen LogP contribution in [0.1, 0.15) is 0 Å². The van der Waals surface area contributed by atoms with Gasteiger partial charge in [0, 0.05) is 65.6 Å². The standard InChI is InChI=1S/C27H16ClN3O.B6/c28-27-30-25(19-11-6-10-18(16-19)17-8-2-1-3-9-17)29-26(31-27)21-13-7-15-23-24(21)20-12-4-5-14-22(20)32-23;1-5(2)6(3)4/h1-16H;. The fraction of sp³-hybridized carbons (Fsp3) is 0. The average Bonchev–Trinajstić information content (AvgIpc) is 3.32. The molecule has 2 aromatic heterocycles. The van der Waals surface area contributed by atoms with Gasteiger partial charge in [-0.05, 0) is 40.9 Å². The van der Waals surface area contributed by atoms with E-state index in [0.29, 0.717) is 11.6 Å². The van der Waals surface area contributed by atoms with Crippen molar-refractivity contribution in [1.82, 2.24) is 15.0 Å². The van der Waals surface area contributed by atoms with E-state index in [1.54, 1.807) is 0 Å². The third-order valence-electron chi connectivity index (χ3n) is 5.92. The maximum atomic E-state index is 6.36. The van der Waals surface area contributed by atoms with Gasteiger partial charge in [0.2, 0.25) is 5.28 Å². The molecule has 0 spiro atoms. The number of hydrogen-bond donors (Lipinski definition) is 0. The van der Waals surface area contributed by atoms with Gasteiger partial charge in [-0.1, -0.05) is 78.9 Å². The van der Waals surface area contributed by atoms with Crippen LogP contribution in [0, 0.1) is 0 Å². The summed E-state index contributed by atoms with van der Waals surface area (Å²) >= 11 is 6.36. The number of fused-ring (bicyclic) bond motifs is 3. The first-order chi connectivity index (χ1) is 18.4. The van der Waals surface area contributed by atoms with Crippen LogP contribution in [0.3, 0.4) is 0 Å². The number of aromatic nitrogens is 3. The highest BCUT2D eigenvalue weighted by Gasteiger charge is 2.16. The van der Waals surface area contributed by atoms with Crippen LogP contribution in [-0.2, 0) is 0 Å². The third-order valence-corrected chi connectivity index (χ3v) is 6.09. The van der Waals surface area contributed by atoms with E-state index in [-0.39, 0.29) is 5.28 Å². The summed E-state index contributed by atoms with van der Waals surface area (Å²) in [6.07, 6.45) is -1.19. The topological polar surface area (TPSA) is 51.8 Å². The second-order valence-electron chi connectivity index (χ2n) is 8.63. The zero-order chi connectivity index (χ0) is 26.6. The highest BCUT2D eigenvalue weighted by Crippen LogP contribution is 2.36. The Hall–Kier alpha value is -3.63. The van der Waals surface area contributed by atoms with Crippen LogP contribution >= 0.6 is 11.6 Å². The van der Waals surface area contributed by atoms with E-state index in [4.69, 9.17) is 52.0 Å². The van der Waals surface area contributed by atoms with Crippen molar-refractivity contribution in [1.29, 1.82) is 0 Å². The second-order valence-corrected chi connectivity index (χ2v) is 8.97. The molecule has 6 rings (SSSR count). The molecule has 0 aliphatic carbocycles. The number of hydrogen-bond acceptors (Lipinski definition) is 4. The smallest absolute Gasteiger partial charge is 0.226 e. The first-order valence-electron chi connectivity index (χ1n) is 11.9. The second kappa shape index (κ2) is 11.4. The van der Waals surface area contributed by atoms with E-state index in [9.17, 15) is 0 Å². The van der Waals surface area contributed by atoms with Crippen molar-refractivity contribution in [2.24, 2.45) is 0 Å². The zero-order valence-electron chi connectivity index (χ0n) is 20.3. The average molecular weight is 499 g/mol. The molecule has 0 atom stereocenters. The molecule has 170 valence electrons. The maximum absolute atomic E-state index is 6.36. The molecular weight excluding hydrogens is 483 g/mol. The first kappa shape index (κ1) is 26.0. The van der Waals surface area contributed by atoms with Gasteiger partial charge in [0.05, 0.1) is 0 Å². The molecule has 11 heteroatoms. The van der Waals surface area contributed by atoms with Crippen LogP contribution in [0.25, 0.3) is 55.8 Å². The van der Waals surface area contributed by atoms with Gasteiger partial charge in [-0.15, -0.1) is 0 Å². The Morgan fingerprint density at radius 2 is 1.18 bits per heavy atom. The number of benzene rings is 4. The van der Waals surface area contributed by atoms with Crippen molar-refractivity contribution >= 4 is 77.3 Å².